The highest BCUT2D eigenvalue weighted by Crippen LogP contribution is 2.21. The van der Waals surface area contributed by atoms with Crippen LogP contribution in [0.25, 0.3) is 11.0 Å². The number of benzene rings is 2. The fraction of sp³-hybridized carbons (Fsp3) is 0.300. The molecule has 0 aliphatic carbocycles. The molecule has 3 rings (SSSR count). The highest BCUT2D eigenvalue weighted by molar-refractivity contribution is 5.79. The average molecular weight is 322 g/mol. The van der Waals surface area contributed by atoms with Gasteiger partial charge in [-0.05, 0) is 29.7 Å². The molecule has 0 saturated heterocycles. The molecule has 0 saturated carbocycles. The standard InChI is InChI=1S/C20H22N2O2/c1-2-3-11-22-18-10-9-16(14-20(23)24)12-17(18)21-19(22)13-15-7-5-4-6-8-15/h4-10,12H,2-3,11,13-14H2,1H3,(H,23,24). The first-order valence-electron chi connectivity index (χ1n) is 8.41. The number of fused-ring (bicyclic) bond motifs is 1. The van der Waals surface area contributed by atoms with E-state index in [1.54, 1.807) is 0 Å². The van der Waals surface area contributed by atoms with Gasteiger partial charge in [0, 0.05) is 13.0 Å². The van der Waals surface area contributed by atoms with E-state index in [-0.39, 0.29) is 6.42 Å². The van der Waals surface area contributed by atoms with Gasteiger partial charge in [0.1, 0.15) is 5.82 Å². The molecule has 1 N–H and O–H groups in total. The number of aryl methyl sites for hydroxylation is 1. The lowest BCUT2D eigenvalue weighted by atomic mass is 10.1. The Balaban J connectivity index is 2.00. The van der Waals surface area contributed by atoms with E-state index in [0.717, 1.165) is 48.2 Å². The van der Waals surface area contributed by atoms with Crippen molar-refractivity contribution in [1.82, 2.24) is 9.55 Å². The van der Waals surface area contributed by atoms with E-state index in [1.807, 2.05) is 36.4 Å². The maximum Gasteiger partial charge on any atom is 0.307 e. The van der Waals surface area contributed by atoms with Crippen LogP contribution in [0.2, 0.25) is 0 Å². The van der Waals surface area contributed by atoms with Crippen LogP contribution >= 0.6 is 0 Å². The molecule has 0 amide bonds. The van der Waals surface area contributed by atoms with Gasteiger partial charge in [0.15, 0.2) is 0 Å². The second kappa shape index (κ2) is 7.30. The highest BCUT2D eigenvalue weighted by Gasteiger charge is 2.12. The number of hydrogen-bond donors (Lipinski definition) is 1. The average Bonchev–Trinajstić information content (AvgIpc) is 2.89. The molecule has 24 heavy (non-hydrogen) atoms. The van der Waals surface area contributed by atoms with Gasteiger partial charge in [-0.2, -0.15) is 0 Å². The molecule has 1 aromatic heterocycles. The van der Waals surface area contributed by atoms with Crippen molar-refractivity contribution in [2.75, 3.05) is 0 Å². The zero-order valence-electron chi connectivity index (χ0n) is 13.9. The minimum absolute atomic E-state index is 0.0335. The molecule has 4 heteroatoms. The molecule has 0 bridgehead atoms. The van der Waals surface area contributed by atoms with Crippen molar-refractivity contribution in [2.24, 2.45) is 0 Å². The van der Waals surface area contributed by atoms with Gasteiger partial charge in [0.25, 0.3) is 0 Å². The number of carboxylic acid groups (broad SMARTS) is 1. The summed E-state index contributed by atoms with van der Waals surface area (Å²) in [5.41, 5.74) is 4.00. The highest BCUT2D eigenvalue weighted by atomic mass is 16.4. The van der Waals surface area contributed by atoms with Gasteiger partial charge in [-0.15, -0.1) is 0 Å². The minimum atomic E-state index is -0.815. The first-order chi connectivity index (χ1) is 11.7. The molecule has 0 aliphatic rings. The fourth-order valence-electron chi connectivity index (χ4n) is 2.99. The third-order valence-corrected chi connectivity index (χ3v) is 4.19. The Bertz CT molecular complexity index is 837. The predicted octanol–water partition coefficient (Wildman–Crippen LogP) is 4.05. The van der Waals surface area contributed by atoms with E-state index in [4.69, 9.17) is 10.1 Å². The van der Waals surface area contributed by atoms with Crippen LogP contribution in [0.15, 0.2) is 48.5 Å². The van der Waals surface area contributed by atoms with E-state index < -0.39 is 5.97 Å². The summed E-state index contributed by atoms with van der Waals surface area (Å²) in [7, 11) is 0. The second-order valence-corrected chi connectivity index (χ2v) is 6.09. The van der Waals surface area contributed by atoms with Gasteiger partial charge < -0.3 is 9.67 Å². The summed E-state index contributed by atoms with van der Waals surface area (Å²) in [6.45, 7) is 3.12. The van der Waals surface area contributed by atoms with Crippen LogP contribution in [0.1, 0.15) is 36.7 Å². The van der Waals surface area contributed by atoms with Gasteiger partial charge in [0.2, 0.25) is 0 Å². The monoisotopic (exact) mass is 322 g/mol. The van der Waals surface area contributed by atoms with E-state index >= 15 is 0 Å². The van der Waals surface area contributed by atoms with Crippen molar-refractivity contribution in [2.45, 2.75) is 39.2 Å². The molecular formula is C20H22N2O2. The van der Waals surface area contributed by atoms with Crippen molar-refractivity contribution in [3.05, 3.63) is 65.5 Å². The summed E-state index contributed by atoms with van der Waals surface area (Å²) in [5, 5.41) is 8.98. The van der Waals surface area contributed by atoms with E-state index in [1.165, 1.54) is 5.56 Å². The van der Waals surface area contributed by atoms with Crippen molar-refractivity contribution < 1.29 is 9.90 Å². The third kappa shape index (κ3) is 3.65. The van der Waals surface area contributed by atoms with Gasteiger partial charge in [0.05, 0.1) is 17.5 Å². The Hall–Kier alpha value is -2.62. The number of hydrogen-bond acceptors (Lipinski definition) is 2. The Labute approximate surface area is 141 Å². The number of rotatable bonds is 7. The molecule has 0 radical (unpaired) electrons. The van der Waals surface area contributed by atoms with Gasteiger partial charge in [-0.1, -0.05) is 49.7 Å². The molecule has 2 aromatic carbocycles. The van der Waals surface area contributed by atoms with Gasteiger partial charge in [-0.25, -0.2) is 4.98 Å². The fourth-order valence-corrected chi connectivity index (χ4v) is 2.99. The maximum absolute atomic E-state index is 10.9. The summed E-state index contributed by atoms with van der Waals surface area (Å²) in [6.07, 6.45) is 3.05. The van der Waals surface area contributed by atoms with Crippen LogP contribution in [0.5, 0.6) is 0 Å². The Morgan fingerprint density at radius 2 is 1.92 bits per heavy atom. The molecule has 4 nitrogen and oxygen atoms in total. The molecule has 124 valence electrons. The second-order valence-electron chi connectivity index (χ2n) is 6.09. The summed E-state index contributed by atoms with van der Waals surface area (Å²) in [5.74, 6) is 0.224. The van der Waals surface area contributed by atoms with Crippen molar-refractivity contribution >= 4 is 17.0 Å². The zero-order valence-corrected chi connectivity index (χ0v) is 13.9. The van der Waals surface area contributed by atoms with Gasteiger partial charge >= 0.3 is 5.97 Å². The normalized spacial score (nSPS) is 11.0. The van der Waals surface area contributed by atoms with E-state index in [0.29, 0.717) is 0 Å². The molecule has 0 aliphatic heterocycles. The van der Waals surface area contributed by atoms with Crippen LogP contribution in [0.4, 0.5) is 0 Å². The summed E-state index contributed by atoms with van der Waals surface area (Å²) < 4.78 is 2.27. The summed E-state index contributed by atoms with van der Waals surface area (Å²) in [6, 6.07) is 16.1. The van der Waals surface area contributed by atoms with Crippen LogP contribution in [-0.2, 0) is 24.2 Å². The molecule has 1 heterocycles. The smallest absolute Gasteiger partial charge is 0.307 e. The quantitative estimate of drug-likeness (QED) is 0.714. The topological polar surface area (TPSA) is 55.1 Å². The number of aliphatic carboxylic acids is 1. The SMILES string of the molecule is CCCCn1c(Cc2ccccc2)nc2cc(CC(=O)O)ccc21. The van der Waals surface area contributed by atoms with E-state index in [9.17, 15) is 4.79 Å². The van der Waals surface area contributed by atoms with Crippen LogP contribution in [-0.4, -0.2) is 20.6 Å². The molecule has 0 atom stereocenters. The number of nitrogens with zero attached hydrogens (tertiary/aromatic N) is 2. The first kappa shape index (κ1) is 16.2. The lowest BCUT2D eigenvalue weighted by molar-refractivity contribution is -0.136. The Morgan fingerprint density at radius 3 is 2.62 bits per heavy atom. The zero-order chi connectivity index (χ0) is 16.9. The number of carbonyl (C=O) groups is 1. The molecular weight excluding hydrogens is 300 g/mol. The molecule has 0 fully saturated rings. The third-order valence-electron chi connectivity index (χ3n) is 4.19. The maximum atomic E-state index is 10.9. The predicted molar refractivity (Wildman–Crippen MR) is 95.2 cm³/mol. The molecule has 0 spiro atoms. The van der Waals surface area contributed by atoms with Crippen LogP contribution in [0, 0.1) is 0 Å². The number of imidazole rings is 1. The summed E-state index contributed by atoms with van der Waals surface area (Å²) in [4.78, 5) is 15.7. The largest absolute Gasteiger partial charge is 0.481 e. The van der Waals surface area contributed by atoms with E-state index in [2.05, 4.69) is 23.6 Å². The first-order valence-corrected chi connectivity index (χ1v) is 8.41. The molecule has 3 aromatic rings. The number of unbranched alkanes of at least 4 members (excludes halogenated alkanes) is 1. The van der Waals surface area contributed by atoms with Crippen LogP contribution < -0.4 is 0 Å². The minimum Gasteiger partial charge on any atom is -0.481 e. The Morgan fingerprint density at radius 1 is 1.12 bits per heavy atom. The van der Waals surface area contributed by atoms with Gasteiger partial charge in [-0.3, -0.25) is 4.79 Å². The number of carboxylic acids is 1. The lowest BCUT2D eigenvalue weighted by Crippen LogP contribution is -2.05. The van der Waals surface area contributed by atoms with Crippen molar-refractivity contribution in [3.8, 4) is 0 Å². The van der Waals surface area contributed by atoms with Crippen molar-refractivity contribution in [1.29, 1.82) is 0 Å². The van der Waals surface area contributed by atoms with Crippen molar-refractivity contribution in [3.63, 3.8) is 0 Å². The lowest BCUT2D eigenvalue weighted by Gasteiger charge is -2.09. The Kier molecular flexibility index (Phi) is 4.94. The van der Waals surface area contributed by atoms with Crippen LogP contribution in [0.3, 0.4) is 0 Å². The number of aromatic nitrogens is 2. The molecule has 0 unspecified atom stereocenters. The summed E-state index contributed by atoms with van der Waals surface area (Å²) >= 11 is 0.